The van der Waals surface area contributed by atoms with Crippen molar-refractivity contribution in [1.82, 2.24) is 0 Å². The largest absolute Gasteiger partial charge is 0.385 e. The molecule has 1 aliphatic carbocycles. The maximum Gasteiger partial charge on any atom is 0.0930 e. The molecule has 14 heavy (non-hydrogen) atoms. The Bertz CT molecular complexity index is 293. The highest BCUT2D eigenvalue weighted by molar-refractivity contribution is 7.08. The van der Waals surface area contributed by atoms with Crippen molar-refractivity contribution in [2.24, 2.45) is 11.8 Å². The maximum absolute atomic E-state index is 10.6. The van der Waals surface area contributed by atoms with E-state index in [0.717, 1.165) is 30.7 Å². The summed E-state index contributed by atoms with van der Waals surface area (Å²) in [6.45, 7) is 4.46. The van der Waals surface area contributed by atoms with Gasteiger partial charge in [-0.05, 0) is 53.5 Å². The number of aliphatic hydroxyl groups is 1. The lowest BCUT2D eigenvalue weighted by Gasteiger charge is -2.40. The summed E-state index contributed by atoms with van der Waals surface area (Å²) in [6, 6.07) is 2.07. The summed E-state index contributed by atoms with van der Waals surface area (Å²) >= 11 is 1.67. The predicted octanol–water partition coefficient (Wildman–Crippen LogP) is 3.39. The molecule has 1 fully saturated rings. The van der Waals surface area contributed by atoms with Crippen LogP contribution in [0, 0.1) is 11.8 Å². The van der Waals surface area contributed by atoms with Gasteiger partial charge in [-0.1, -0.05) is 13.8 Å². The van der Waals surface area contributed by atoms with E-state index in [9.17, 15) is 5.11 Å². The SMILES string of the molecule is CC1CCC(O)(c2ccsc2)C(C)C1. The van der Waals surface area contributed by atoms with E-state index in [-0.39, 0.29) is 0 Å². The molecule has 0 aromatic carbocycles. The van der Waals surface area contributed by atoms with Crippen molar-refractivity contribution in [3.8, 4) is 0 Å². The number of hydrogen-bond donors (Lipinski definition) is 1. The van der Waals surface area contributed by atoms with Crippen molar-refractivity contribution in [1.29, 1.82) is 0 Å². The highest BCUT2D eigenvalue weighted by atomic mass is 32.1. The van der Waals surface area contributed by atoms with E-state index in [0.29, 0.717) is 5.92 Å². The van der Waals surface area contributed by atoms with E-state index in [1.54, 1.807) is 11.3 Å². The Morgan fingerprint density at radius 2 is 2.29 bits per heavy atom. The van der Waals surface area contributed by atoms with Gasteiger partial charge in [0.15, 0.2) is 0 Å². The van der Waals surface area contributed by atoms with Gasteiger partial charge in [0, 0.05) is 0 Å². The minimum absolute atomic E-state index is 0.390. The van der Waals surface area contributed by atoms with Crippen LogP contribution in [-0.4, -0.2) is 5.11 Å². The summed E-state index contributed by atoms with van der Waals surface area (Å²) in [7, 11) is 0. The molecule has 1 N–H and O–H groups in total. The summed E-state index contributed by atoms with van der Waals surface area (Å²) < 4.78 is 0. The molecule has 1 nitrogen and oxygen atoms in total. The Labute approximate surface area is 89.8 Å². The Kier molecular flexibility index (Phi) is 2.67. The number of thiophene rings is 1. The first kappa shape index (κ1) is 10.2. The van der Waals surface area contributed by atoms with Crippen LogP contribution in [-0.2, 0) is 5.60 Å². The van der Waals surface area contributed by atoms with Crippen molar-refractivity contribution in [2.45, 2.75) is 38.7 Å². The summed E-state index contributed by atoms with van der Waals surface area (Å²) in [4.78, 5) is 0. The predicted molar refractivity (Wildman–Crippen MR) is 60.4 cm³/mol. The highest BCUT2D eigenvalue weighted by Crippen LogP contribution is 2.43. The molecule has 2 rings (SSSR count). The zero-order valence-corrected chi connectivity index (χ0v) is 9.68. The van der Waals surface area contributed by atoms with Crippen molar-refractivity contribution in [2.75, 3.05) is 0 Å². The molecular weight excluding hydrogens is 192 g/mol. The van der Waals surface area contributed by atoms with Gasteiger partial charge >= 0.3 is 0 Å². The lowest BCUT2D eigenvalue weighted by molar-refractivity contribution is -0.0584. The minimum Gasteiger partial charge on any atom is -0.385 e. The van der Waals surface area contributed by atoms with Gasteiger partial charge in [0.1, 0.15) is 0 Å². The maximum atomic E-state index is 10.6. The first-order valence-electron chi connectivity index (χ1n) is 5.38. The van der Waals surface area contributed by atoms with Crippen molar-refractivity contribution >= 4 is 11.3 Å². The molecule has 0 aliphatic heterocycles. The zero-order chi connectivity index (χ0) is 10.2. The van der Waals surface area contributed by atoms with Gasteiger partial charge in [0.05, 0.1) is 5.60 Å². The van der Waals surface area contributed by atoms with Crippen LogP contribution in [0.5, 0.6) is 0 Å². The van der Waals surface area contributed by atoms with Crippen molar-refractivity contribution < 1.29 is 5.11 Å². The Morgan fingerprint density at radius 1 is 1.50 bits per heavy atom. The van der Waals surface area contributed by atoms with Crippen LogP contribution in [0.2, 0.25) is 0 Å². The number of hydrogen-bond acceptors (Lipinski definition) is 2. The molecule has 3 atom stereocenters. The van der Waals surface area contributed by atoms with Crippen molar-refractivity contribution in [3.63, 3.8) is 0 Å². The molecule has 0 amide bonds. The van der Waals surface area contributed by atoms with E-state index < -0.39 is 5.60 Å². The first-order chi connectivity index (χ1) is 6.63. The van der Waals surface area contributed by atoms with Crippen molar-refractivity contribution in [3.05, 3.63) is 22.4 Å². The van der Waals surface area contributed by atoms with Crippen LogP contribution in [0.1, 0.15) is 38.7 Å². The molecule has 2 heteroatoms. The molecule has 1 aromatic rings. The van der Waals surface area contributed by atoms with Crippen LogP contribution < -0.4 is 0 Å². The second kappa shape index (κ2) is 3.67. The summed E-state index contributed by atoms with van der Waals surface area (Å²) in [6.07, 6.45) is 3.22. The lowest BCUT2D eigenvalue weighted by Crippen LogP contribution is -2.38. The second-order valence-corrected chi connectivity index (χ2v) is 5.50. The summed E-state index contributed by atoms with van der Waals surface area (Å²) in [5.41, 5.74) is 0.578. The molecule has 0 bridgehead atoms. The average molecular weight is 210 g/mol. The molecule has 1 heterocycles. The fourth-order valence-electron chi connectivity index (χ4n) is 2.57. The Morgan fingerprint density at radius 3 is 2.86 bits per heavy atom. The molecule has 0 saturated heterocycles. The fraction of sp³-hybridized carbons (Fsp3) is 0.667. The first-order valence-corrected chi connectivity index (χ1v) is 6.32. The van der Waals surface area contributed by atoms with Gasteiger partial charge in [-0.25, -0.2) is 0 Å². The van der Waals surface area contributed by atoms with Gasteiger partial charge in [-0.15, -0.1) is 0 Å². The van der Waals surface area contributed by atoms with Gasteiger partial charge in [0.2, 0.25) is 0 Å². The number of rotatable bonds is 1. The fourth-order valence-corrected chi connectivity index (χ4v) is 3.30. The van der Waals surface area contributed by atoms with Crippen LogP contribution in [0.4, 0.5) is 0 Å². The van der Waals surface area contributed by atoms with Gasteiger partial charge in [-0.3, -0.25) is 0 Å². The molecule has 1 saturated carbocycles. The quantitative estimate of drug-likeness (QED) is 0.753. The Balaban J connectivity index is 2.23. The van der Waals surface area contributed by atoms with E-state index in [4.69, 9.17) is 0 Å². The van der Waals surface area contributed by atoms with Gasteiger partial charge in [-0.2, -0.15) is 11.3 Å². The lowest BCUT2D eigenvalue weighted by atomic mass is 9.70. The normalized spacial score (nSPS) is 38.5. The van der Waals surface area contributed by atoms with E-state index in [1.165, 1.54) is 0 Å². The summed E-state index contributed by atoms with van der Waals surface area (Å²) in [5.74, 6) is 1.16. The standard InChI is InChI=1S/C12H18OS/c1-9-3-5-12(13,10(2)7-9)11-4-6-14-8-11/h4,6,8-10,13H,3,5,7H2,1-2H3. The van der Waals surface area contributed by atoms with Gasteiger partial charge in [0.25, 0.3) is 0 Å². The molecular formula is C12H18OS. The smallest absolute Gasteiger partial charge is 0.0930 e. The van der Waals surface area contributed by atoms with E-state index >= 15 is 0 Å². The van der Waals surface area contributed by atoms with E-state index in [1.807, 2.05) is 0 Å². The van der Waals surface area contributed by atoms with Gasteiger partial charge < -0.3 is 5.11 Å². The average Bonchev–Trinajstić information content (AvgIpc) is 2.65. The Hall–Kier alpha value is -0.340. The third-order valence-electron chi connectivity index (χ3n) is 3.61. The van der Waals surface area contributed by atoms with Crippen LogP contribution in [0.3, 0.4) is 0 Å². The molecule has 78 valence electrons. The highest BCUT2D eigenvalue weighted by Gasteiger charge is 2.39. The minimum atomic E-state index is -0.549. The molecule has 0 radical (unpaired) electrons. The van der Waals surface area contributed by atoms with E-state index in [2.05, 4.69) is 30.7 Å². The molecule has 0 spiro atoms. The second-order valence-electron chi connectivity index (χ2n) is 4.72. The third-order valence-corrected chi connectivity index (χ3v) is 4.29. The molecule has 1 aromatic heterocycles. The topological polar surface area (TPSA) is 20.2 Å². The molecule has 3 unspecified atom stereocenters. The third kappa shape index (κ3) is 1.61. The van der Waals surface area contributed by atoms with Crippen LogP contribution >= 0.6 is 11.3 Å². The van der Waals surface area contributed by atoms with Crippen LogP contribution in [0.25, 0.3) is 0 Å². The zero-order valence-electron chi connectivity index (χ0n) is 8.86. The summed E-state index contributed by atoms with van der Waals surface area (Å²) in [5, 5.41) is 14.8. The molecule has 1 aliphatic rings. The monoisotopic (exact) mass is 210 g/mol. The van der Waals surface area contributed by atoms with Crippen LogP contribution in [0.15, 0.2) is 16.8 Å².